The van der Waals surface area contributed by atoms with E-state index in [-0.39, 0.29) is 11.5 Å². The summed E-state index contributed by atoms with van der Waals surface area (Å²) in [6.45, 7) is 14.4. The van der Waals surface area contributed by atoms with Gasteiger partial charge in [-0.3, -0.25) is 0 Å². The molecule has 21 heavy (non-hydrogen) atoms. The molecule has 4 nitrogen and oxygen atoms in total. The third kappa shape index (κ3) is 5.06. The van der Waals surface area contributed by atoms with Crippen molar-refractivity contribution in [3.63, 3.8) is 0 Å². The van der Waals surface area contributed by atoms with Crippen molar-refractivity contribution in [2.45, 2.75) is 65.9 Å². The first-order valence-electron chi connectivity index (χ1n) is 7.78. The van der Waals surface area contributed by atoms with Crippen LogP contribution in [0.2, 0.25) is 0 Å². The molecule has 0 saturated heterocycles. The molecule has 0 aromatic carbocycles. The van der Waals surface area contributed by atoms with Crippen LogP contribution in [-0.2, 0) is 10.2 Å². The van der Waals surface area contributed by atoms with Gasteiger partial charge in [-0.05, 0) is 42.4 Å². The number of nitrogens with one attached hydrogen (secondary N) is 1. The Labute approximate surface area is 142 Å². The summed E-state index contributed by atoms with van der Waals surface area (Å²) < 4.78 is 6.90. The zero-order chi connectivity index (χ0) is 16.0. The van der Waals surface area contributed by atoms with Crippen molar-refractivity contribution in [3.8, 4) is 0 Å². The molecule has 1 rings (SSSR count). The molecule has 1 N–H and O–H groups in total. The van der Waals surface area contributed by atoms with Gasteiger partial charge < -0.3 is 10.1 Å². The predicted octanol–water partition coefficient (Wildman–Crippen LogP) is 4.69. The van der Waals surface area contributed by atoms with E-state index < -0.39 is 0 Å². The summed E-state index contributed by atoms with van der Waals surface area (Å²) in [5, 5.41) is 3.42. The number of halogens is 1. The molecule has 0 amide bonds. The fourth-order valence-corrected chi connectivity index (χ4v) is 3.28. The van der Waals surface area contributed by atoms with E-state index in [0.717, 1.165) is 40.3 Å². The second-order valence-corrected chi connectivity index (χ2v) is 7.20. The topological polar surface area (TPSA) is 47.0 Å². The van der Waals surface area contributed by atoms with Crippen LogP contribution in [0.25, 0.3) is 0 Å². The zero-order valence-electron chi connectivity index (χ0n) is 14.1. The van der Waals surface area contributed by atoms with E-state index in [1.165, 1.54) is 0 Å². The molecule has 1 aromatic rings. The molecule has 1 unspecified atom stereocenters. The fourth-order valence-electron chi connectivity index (χ4n) is 2.04. The lowest BCUT2D eigenvalue weighted by molar-refractivity contribution is 0.0532. The average Bonchev–Trinajstić information content (AvgIpc) is 2.42. The Morgan fingerprint density at radius 2 is 1.86 bits per heavy atom. The van der Waals surface area contributed by atoms with Crippen LogP contribution in [0, 0.1) is 3.57 Å². The number of aromatic nitrogens is 2. The summed E-state index contributed by atoms with van der Waals surface area (Å²) in [5.41, 5.74) is 1.08. The van der Waals surface area contributed by atoms with Crippen molar-refractivity contribution in [1.29, 1.82) is 0 Å². The Balaban J connectivity index is 3.31. The Morgan fingerprint density at radius 3 is 2.33 bits per heavy atom. The van der Waals surface area contributed by atoms with Crippen molar-refractivity contribution in [2.24, 2.45) is 0 Å². The highest BCUT2D eigenvalue weighted by molar-refractivity contribution is 14.1. The summed E-state index contributed by atoms with van der Waals surface area (Å²) in [6.07, 6.45) is 1.92. The molecule has 1 aromatic heterocycles. The van der Waals surface area contributed by atoms with Crippen LogP contribution in [0.4, 0.5) is 5.82 Å². The van der Waals surface area contributed by atoms with Crippen LogP contribution in [0.5, 0.6) is 0 Å². The van der Waals surface area contributed by atoms with Crippen molar-refractivity contribution in [2.75, 3.05) is 18.5 Å². The smallest absolute Gasteiger partial charge is 0.159 e. The maximum Gasteiger partial charge on any atom is 0.159 e. The molecular formula is C16H28IN3O. The van der Waals surface area contributed by atoms with Gasteiger partial charge in [0.25, 0.3) is 0 Å². The average molecular weight is 405 g/mol. The number of anilines is 1. The van der Waals surface area contributed by atoms with Gasteiger partial charge in [0.05, 0.1) is 9.26 Å². The van der Waals surface area contributed by atoms with E-state index in [1.54, 1.807) is 0 Å². The minimum Gasteiger partial charge on any atom is -0.371 e. The molecule has 0 radical (unpaired) electrons. The van der Waals surface area contributed by atoms with E-state index in [2.05, 4.69) is 62.5 Å². The van der Waals surface area contributed by atoms with Gasteiger partial charge in [-0.2, -0.15) is 0 Å². The maximum atomic E-state index is 5.79. The molecule has 0 aliphatic rings. The Kier molecular flexibility index (Phi) is 7.33. The first-order valence-corrected chi connectivity index (χ1v) is 8.86. The van der Waals surface area contributed by atoms with Gasteiger partial charge in [0, 0.05) is 18.6 Å². The van der Waals surface area contributed by atoms with Crippen molar-refractivity contribution in [1.82, 2.24) is 9.97 Å². The van der Waals surface area contributed by atoms with Gasteiger partial charge in [0.1, 0.15) is 11.9 Å². The summed E-state index contributed by atoms with van der Waals surface area (Å²) in [5.74, 6) is 1.73. The molecule has 1 heterocycles. The van der Waals surface area contributed by atoms with Crippen LogP contribution >= 0.6 is 22.6 Å². The van der Waals surface area contributed by atoms with Gasteiger partial charge in [-0.15, -0.1) is 0 Å². The maximum absolute atomic E-state index is 5.79. The van der Waals surface area contributed by atoms with Gasteiger partial charge in [-0.25, -0.2) is 9.97 Å². The molecule has 120 valence electrons. The van der Waals surface area contributed by atoms with Gasteiger partial charge in [0.2, 0.25) is 0 Å². The Hall–Kier alpha value is -0.430. The van der Waals surface area contributed by atoms with E-state index in [0.29, 0.717) is 6.61 Å². The quantitative estimate of drug-likeness (QED) is 0.669. The zero-order valence-corrected chi connectivity index (χ0v) is 16.2. The highest BCUT2D eigenvalue weighted by Crippen LogP contribution is 2.31. The summed E-state index contributed by atoms with van der Waals surface area (Å²) in [7, 11) is 0. The monoisotopic (exact) mass is 405 g/mol. The van der Waals surface area contributed by atoms with Crippen molar-refractivity contribution in [3.05, 3.63) is 15.1 Å². The first-order chi connectivity index (χ1) is 9.85. The van der Waals surface area contributed by atoms with E-state index in [1.807, 2.05) is 6.92 Å². The summed E-state index contributed by atoms with van der Waals surface area (Å²) >= 11 is 2.35. The van der Waals surface area contributed by atoms with Crippen molar-refractivity contribution < 1.29 is 4.74 Å². The van der Waals surface area contributed by atoms with Crippen molar-refractivity contribution >= 4 is 28.4 Å². The molecule has 0 aliphatic heterocycles. The SMILES string of the molecule is CCCNc1nc(C(CC)OCC)nc(C(C)(C)C)c1I. The standard InChI is InChI=1S/C16H28IN3O/c1-7-10-18-15-12(17)13(16(4,5)6)19-14(20-15)11(8-2)21-9-3/h11H,7-10H2,1-6H3,(H,18,19,20). The highest BCUT2D eigenvalue weighted by atomic mass is 127. The molecule has 0 saturated carbocycles. The second kappa shape index (κ2) is 8.27. The number of rotatable bonds is 7. The number of ether oxygens (including phenoxy) is 1. The van der Waals surface area contributed by atoms with E-state index >= 15 is 0 Å². The molecular weight excluding hydrogens is 377 g/mol. The molecule has 0 spiro atoms. The van der Waals surface area contributed by atoms with E-state index in [4.69, 9.17) is 14.7 Å². The summed E-state index contributed by atoms with van der Waals surface area (Å²) in [4.78, 5) is 9.54. The third-order valence-electron chi connectivity index (χ3n) is 3.15. The summed E-state index contributed by atoms with van der Waals surface area (Å²) in [6, 6.07) is 0. The molecule has 0 bridgehead atoms. The molecule has 0 aliphatic carbocycles. The normalized spacial score (nSPS) is 13.3. The predicted molar refractivity (Wildman–Crippen MR) is 96.9 cm³/mol. The van der Waals surface area contributed by atoms with Crippen LogP contribution in [0.3, 0.4) is 0 Å². The number of nitrogens with zero attached hydrogens (tertiary/aromatic N) is 2. The minimum absolute atomic E-state index is 0.0125. The molecule has 0 fully saturated rings. The Morgan fingerprint density at radius 1 is 1.19 bits per heavy atom. The van der Waals surface area contributed by atoms with Crippen LogP contribution < -0.4 is 5.32 Å². The fraction of sp³-hybridized carbons (Fsp3) is 0.750. The van der Waals surface area contributed by atoms with Gasteiger partial charge >= 0.3 is 0 Å². The number of hydrogen-bond acceptors (Lipinski definition) is 4. The lowest BCUT2D eigenvalue weighted by Crippen LogP contribution is -2.21. The minimum atomic E-state index is -0.0322. The second-order valence-electron chi connectivity index (χ2n) is 6.12. The third-order valence-corrected chi connectivity index (χ3v) is 4.17. The highest BCUT2D eigenvalue weighted by Gasteiger charge is 2.25. The van der Waals surface area contributed by atoms with Crippen LogP contribution in [0.1, 0.15) is 72.0 Å². The Bertz CT molecular complexity index is 458. The van der Waals surface area contributed by atoms with Gasteiger partial charge in [0.15, 0.2) is 5.82 Å². The van der Waals surface area contributed by atoms with Crippen LogP contribution in [-0.4, -0.2) is 23.1 Å². The van der Waals surface area contributed by atoms with E-state index in [9.17, 15) is 0 Å². The number of hydrogen-bond donors (Lipinski definition) is 1. The van der Waals surface area contributed by atoms with Gasteiger partial charge in [-0.1, -0.05) is 34.6 Å². The lowest BCUT2D eigenvalue weighted by atomic mass is 9.91. The molecule has 5 heteroatoms. The lowest BCUT2D eigenvalue weighted by Gasteiger charge is -2.24. The first kappa shape index (κ1) is 18.6. The largest absolute Gasteiger partial charge is 0.371 e. The van der Waals surface area contributed by atoms with Crippen LogP contribution in [0.15, 0.2) is 0 Å². The molecule has 1 atom stereocenters.